The predicted molar refractivity (Wildman–Crippen MR) is 37.2 cm³/mol. The molecule has 3 heterocycles. The first-order valence-corrected chi connectivity index (χ1v) is 4.15. The van der Waals surface area contributed by atoms with Crippen LogP contribution in [0.25, 0.3) is 0 Å². The lowest BCUT2D eigenvalue weighted by Gasteiger charge is -2.19. The monoisotopic (exact) mass is 181 g/mol. The predicted octanol–water partition coefficient (Wildman–Crippen LogP) is -1.05. The number of fused-ring (bicyclic) bond motifs is 1. The summed E-state index contributed by atoms with van der Waals surface area (Å²) < 4.78 is 10.2. The van der Waals surface area contributed by atoms with Crippen molar-refractivity contribution < 1.29 is 19.4 Å². The van der Waals surface area contributed by atoms with Gasteiger partial charge in [0.25, 0.3) is 0 Å². The van der Waals surface area contributed by atoms with Gasteiger partial charge in [0.1, 0.15) is 12.2 Å². The standard InChI is InChI=1S/C8H7NO4/c9-2-8-1-3-4(10)5(6(8)12-3)13-7(8)11/h3-6,10H,1H2. The summed E-state index contributed by atoms with van der Waals surface area (Å²) in [5.74, 6) is -0.538. The van der Waals surface area contributed by atoms with Crippen molar-refractivity contribution in [3.8, 4) is 6.07 Å². The summed E-state index contributed by atoms with van der Waals surface area (Å²) in [4.78, 5) is 11.4. The Morgan fingerprint density at radius 3 is 3.08 bits per heavy atom. The van der Waals surface area contributed by atoms with Crippen LogP contribution in [0.2, 0.25) is 0 Å². The lowest BCUT2D eigenvalue weighted by molar-refractivity contribution is -0.147. The maximum absolute atomic E-state index is 11.4. The zero-order valence-corrected chi connectivity index (χ0v) is 6.64. The van der Waals surface area contributed by atoms with E-state index in [1.54, 1.807) is 0 Å². The van der Waals surface area contributed by atoms with Gasteiger partial charge in [0.05, 0.1) is 12.2 Å². The van der Waals surface area contributed by atoms with E-state index < -0.39 is 35.8 Å². The molecule has 5 atom stereocenters. The van der Waals surface area contributed by atoms with Gasteiger partial charge in [-0.05, 0) is 0 Å². The third kappa shape index (κ3) is 0.568. The molecule has 3 aliphatic heterocycles. The van der Waals surface area contributed by atoms with Crippen LogP contribution in [0.4, 0.5) is 0 Å². The van der Waals surface area contributed by atoms with E-state index in [2.05, 4.69) is 0 Å². The minimum Gasteiger partial charge on any atom is -0.455 e. The molecule has 0 aliphatic carbocycles. The van der Waals surface area contributed by atoms with Crippen LogP contribution in [0.1, 0.15) is 6.42 Å². The number of carbonyl (C=O) groups excluding carboxylic acids is 1. The molecule has 0 radical (unpaired) electrons. The van der Waals surface area contributed by atoms with Crippen molar-refractivity contribution in [3.63, 3.8) is 0 Å². The number of ether oxygens (including phenoxy) is 2. The first-order valence-electron chi connectivity index (χ1n) is 4.15. The molecule has 5 nitrogen and oxygen atoms in total. The number of hydrogen-bond donors (Lipinski definition) is 1. The van der Waals surface area contributed by atoms with E-state index in [1.165, 1.54) is 0 Å². The van der Waals surface area contributed by atoms with Gasteiger partial charge in [0.2, 0.25) is 0 Å². The van der Waals surface area contributed by atoms with Crippen molar-refractivity contribution in [2.75, 3.05) is 0 Å². The number of hydrogen-bond acceptors (Lipinski definition) is 5. The Balaban J connectivity index is 2.12. The largest absolute Gasteiger partial charge is 0.455 e. The molecule has 0 saturated carbocycles. The summed E-state index contributed by atoms with van der Waals surface area (Å²) >= 11 is 0. The molecule has 2 bridgehead atoms. The molecule has 3 saturated heterocycles. The molecule has 3 aliphatic rings. The summed E-state index contributed by atoms with van der Waals surface area (Å²) in [5.41, 5.74) is -1.13. The van der Waals surface area contributed by atoms with Crippen molar-refractivity contribution in [1.29, 1.82) is 5.26 Å². The molecule has 3 fully saturated rings. The quantitative estimate of drug-likeness (QED) is 0.482. The Morgan fingerprint density at radius 1 is 1.69 bits per heavy atom. The van der Waals surface area contributed by atoms with Gasteiger partial charge in [-0.1, -0.05) is 0 Å². The van der Waals surface area contributed by atoms with E-state index in [0.717, 1.165) is 0 Å². The maximum atomic E-state index is 11.4. The van der Waals surface area contributed by atoms with Gasteiger partial charge in [-0.2, -0.15) is 5.26 Å². The fourth-order valence-electron chi connectivity index (χ4n) is 2.45. The molecule has 68 valence electrons. The van der Waals surface area contributed by atoms with Crippen molar-refractivity contribution >= 4 is 5.97 Å². The molecule has 13 heavy (non-hydrogen) atoms. The molecule has 5 heteroatoms. The first kappa shape index (κ1) is 7.30. The summed E-state index contributed by atoms with van der Waals surface area (Å²) in [6, 6.07) is 1.96. The highest BCUT2D eigenvalue weighted by Crippen LogP contribution is 2.53. The maximum Gasteiger partial charge on any atom is 0.329 e. The molecule has 0 aromatic heterocycles. The Labute approximate surface area is 73.9 Å². The van der Waals surface area contributed by atoms with E-state index >= 15 is 0 Å². The fraction of sp³-hybridized carbons (Fsp3) is 0.750. The molecule has 1 N–H and O–H groups in total. The Morgan fingerprint density at radius 2 is 2.46 bits per heavy atom. The zero-order valence-electron chi connectivity index (χ0n) is 6.64. The Bertz CT molecular complexity index is 336. The summed E-state index contributed by atoms with van der Waals surface area (Å²) in [7, 11) is 0. The van der Waals surface area contributed by atoms with Crippen molar-refractivity contribution in [1.82, 2.24) is 0 Å². The van der Waals surface area contributed by atoms with Crippen molar-refractivity contribution in [3.05, 3.63) is 0 Å². The number of nitriles is 1. The Kier molecular flexibility index (Phi) is 1.05. The number of aliphatic hydroxyl groups excluding tert-OH is 1. The second-order valence-corrected chi connectivity index (χ2v) is 3.74. The lowest BCUT2D eigenvalue weighted by atomic mass is 9.75. The van der Waals surface area contributed by atoms with E-state index in [4.69, 9.17) is 14.7 Å². The number of esters is 1. The molecule has 0 amide bonds. The zero-order chi connectivity index (χ0) is 9.22. The second-order valence-electron chi connectivity index (χ2n) is 3.74. The lowest BCUT2D eigenvalue weighted by Crippen LogP contribution is -2.41. The van der Waals surface area contributed by atoms with Crippen LogP contribution in [0.5, 0.6) is 0 Å². The molecule has 0 aromatic rings. The average Bonchev–Trinajstić information content (AvgIpc) is 2.68. The highest BCUT2D eigenvalue weighted by Gasteiger charge is 2.72. The molecule has 5 unspecified atom stereocenters. The smallest absolute Gasteiger partial charge is 0.329 e. The first-order chi connectivity index (χ1) is 6.19. The van der Waals surface area contributed by atoms with Crippen LogP contribution in [0.3, 0.4) is 0 Å². The molecule has 0 spiro atoms. The van der Waals surface area contributed by atoms with Gasteiger partial charge in [-0.25, -0.2) is 0 Å². The highest BCUT2D eigenvalue weighted by atomic mass is 16.6. The fourth-order valence-corrected chi connectivity index (χ4v) is 2.45. The van der Waals surface area contributed by atoms with Gasteiger partial charge in [0.15, 0.2) is 11.5 Å². The van der Waals surface area contributed by atoms with E-state index in [9.17, 15) is 9.90 Å². The molecule has 3 rings (SSSR count). The van der Waals surface area contributed by atoms with Crippen molar-refractivity contribution in [2.45, 2.75) is 30.8 Å². The van der Waals surface area contributed by atoms with Gasteiger partial charge in [-0.15, -0.1) is 0 Å². The van der Waals surface area contributed by atoms with E-state index in [1.807, 2.05) is 6.07 Å². The van der Waals surface area contributed by atoms with Crippen molar-refractivity contribution in [2.24, 2.45) is 5.41 Å². The van der Waals surface area contributed by atoms with Crippen LogP contribution in [-0.2, 0) is 14.3 Å². The van der Waals surface area contributed by atoms with Crippen LogP contribution < -0.4 is 0 Å². The van der Waals surface area contributed by atoms with Gasteiger partial charge in [0, 0.05) is 6.42 Å². The van der Waals surface area contributed by atoms with Crippen LogP contribution in [-0.4, -0.2) is 35.5 Å². The minimum absolute atomic E-state index is 0.269. The Hall–Kier alpha value is -1.12. The second kappa shape index (κ2) is 1.86. The molecular formula is C8H7NO4. The van der Waals surface area contributed by atoms with Gasteiger partial charge < -0.3 is 14.6 Å². The topological polar surface area (TPSA) is 79.5 Å². The number of carbonyl (C=O) groups is 1. The van der Waals surface area contributed by atoms with Gasteiger partial charge in [-0.3, -0.25) is 4.79 Å². The van der Waals surface area contributed by atoms with Crippen LogP contribution >= 0.6 is 0 Å². The SMILES string of the molecule is N#CC12CC3OC1C(OC2=O)C3O. The summed E-state index contributed by atoms with van der Waals surface area (Å²) in [6.07, 6.45) is -2.06. The third-order valence-electron chi connectivity index (χ3n) is 3.15. The third-order valence-corrected chi connectivity index (χ3v) is 3.15. The number of nitrogens with zero attached hydrogens (tertiary/aromatic N) is 1. The number of aliphatic hydroxyl groups is 1. The molecule has 0 aromatic carbocycles. The van der Waals surface area contributed by atoms with Gasteiger partial charge >= 0.3 is 5.97 Å². The number of rotatable bonds is 0. The average molecular weight is 181 g/mol. The highest BCUT2D eigenvalue weighted by molar-refractivity contribution is 5.85. The summed E-state index contributed by atoms with van der Waals surface area (Å²) in [5, 5.41) is 18.4. The van der Waals surface area contributed by atoms with E-state index in [-0.39, 0.29) is 6.42 Å². The van der Waals surface area contributed by atoms with Crippen LogP contribution in [0.15, 0.2) is 0 Å². The summed E-state index contributed by atoms with van der Waals surface area (Å²) in [6.45, 7) is 0. The molecular weight excluding hydrogens is 174 g/mol. The van der Waals surface area contributed by atoms with E-state index in [0.29, 0.717) is 0 Å². The normalized spacial score (nSPS) is 56.5. The van der Waals surface area contributed by atoms with Crippen LogP contribution in [0, 0.1) is 16.7 Å². The minimum atomic E-state index is -1.13.